The highest BCUT2D eigenvalue weighted by Gasteiger charge is 2.58. The molecule has 2 saturated carbocycles. The number of carboxylic acid groups (broad SMARTS) is 1. The molecule has 0 aromatic carbocycles. The van der Waals surface area contributed by atoms with Gasteiger partial charge in [-0.15, -0.1) is 0 Å². The molecule has 2 N–H and O–H groups in total. The van der Waals surface area contributed by atoms with Crippen molar-refractivity contribution in [1.29, 1.82) is 0 Å². The molecule has 0 aliphatic heterocycles. The summed E-state index contributed by atoms with van der Waals surface area (Å²) in [5.41, 5.74) is 0.745. The van der Waals surface area contributed by atoms with Gasteiger partial charge in [-0.1, -0.05) is 26.8 Å². The first-order valence-corrected chi connectivity index (χ1v) is 6.49. The number of rotatable bonds is 4. The quantitative estimate of drug-likeness (QED) is 0.738. The second kappa shape index (κ2) is 4.13. The first-order chi connectivity index (χ1) is 7.86. The fourth-order valence-corrected chi connectivity index (χ4v) is 4.16. The van der Waals surface area contributed by atoms with E-state index in [1.165, 1.54) is 25.3 Å². The van der Waals surface area contributed by atoms with Crippen LogP contribution in [0.2, 0.25) is 0 Å². The summed E-state index contributed by atoms with van der Waals surface area (Å²) in [5.74, 6) is -0.0429. The summed E-state index contributed by atoms with van der Waals surface area (Å²) in [7, 11) is 0. The van der Waals surface area contributed by atoms with Crippen LogP contribution in [0.3, 0.4) is 0 Å². The molecule has 2 aliphatic rings. The Morgan fingerprint density at radius 2 is 2.18 bits per heavy atom. The summed E-state index contributed by atoms with van der Waals surface area (Å²) in [6.45, 7) is 7.73. The number of fused-ring (bicyclic) bond motifs is 2. The molecule has 0 aromatic rings. The third-order valence-electron chi connectivity index (χ3n) is 4.97. The lowest BCUT2D eigenvalue weighted by Gasteiger charge is -2.43. The Balaban J connectivity index is 1.98. The molecule has 0 aromatic heterocycles. The minimum Gasteiger partial charge on any atom is -0.478 e. The minimum absolute atomic E-state index is 0.337. The van der Waals surface area contributed by atoms with E-state index < -0.39 is 5.97 Å². The Hall–Kier alpha value is -0.830. The van der Waals surface area contributed by atoms with Gasteiger partial charge in [0.25, 0.3) is 0 Å². The summed E-state index contributed by atoms with van der Waals surface area (Å²) < 4.78 is 0. The minimum atomic E-state index is -0.870. The second-order valence-corrected chi connectivity index (χ2v) is 6.50. The molecule has 0 amide bonds. The smallest absolute Gasteiger partial charge is 0.328 e. The molecular formula is C14H23NO2. The van der Waals surface area contributed by atoms with E-state index in [1.54, 1.807) is 6.08 Å². The van der Waals surface area contributed by atoms with E-state index in [-0.39, 0.29) is 0 Å². The van der Waals surface area contributed by atoms with Crippen molar-refractivity contribution in [3.63, 3.8) is 0 Å². The molecule has 2 bridgehead atoms. The van der Waals surface area contributed by atoms with Gasteiger partial charge >= 0.3 is 5.97 Å². The molecule has 3 atom stereocenters. The lowest BCUT2D eigenvalue weighted by atomic mass is 9.68. The van der Waals surface area contributed by atoms with E-state index in [4.69, 9.17) is 5.11 Å². The molecule has 2 rings (SSSR count). The Morgan fingerprint density at radius 3 is 2.71 bits per heavy atom. The van der Waals surface area contributed by atoms with Gasteiger partial charge in [-0.25, -0.2) is 4.79 Å². The molecule has 0 radical (unpaired) electrons. The van der Waals surface area contributed by atoms with Crippen LogP contribution in [0.25, 0.3) is 0 Å². The number of aliphatic carboxylic acids is 1. The Kier molecular flexibility index (Phi) is 3.06. The Bertz CT molecular complexity index is 343. The average molecular weight is 237 g/mol. The largest absolute Gasteiger partial charge is 0.478 e. The molecule has 2 aliphatic carbocycles. The molecule has 17 heavy (non-hydrogen) atoms. The second-order valence-electron chi connectivity index (χ2n) is 6.50. The first-order valence-electron chi connectivity index (χ1n) is 6.49. The predicted molar refractivity (Wildman–Crippen MR) is 67.8 cm³/mol. The summed E-state index contributed by atoms with van der Waals surface area (Å²) in [4.78, 5) is 10.4. The number of hydrogen-bond acceptors (Lipinski definition) is 2. The van der Waals surface area contributed by atoms with Crippen LogP contribution in [0, 0.1) is 16.7 Å². The zero-order valence-electron chi connectivity index (χ0n) is 11.0. The van der Waals surface area contributed by atoms with Crippen molar-refractivity contribution in [3.8, 4) is 0 Å². The molecule has 0 heterocycles. The molecule has 0 saturated heterocycles. The van der Waals surface area contributed by atoms with E-state index in [0.717, 1.165) is 5.92 Å². The third kappa shape index (κ3) is 2.13. The van der Waals surface area contributed by atoms with Crippen LogP contribution in [-0.2, 0) is 4.79 Å². The Morgan fingerprint density at radius 1 is 1.47 bits per heavy atom. The fourth-order valence-electron chi connectivity index (χ4n) is 4.16. The summed E-state index contributed by atoms with van der Waals surface area (Å²) in [6, 6.07) is 0.507. The monoisotopic (exact) mass is 237 g/mol. The van der Waals surface area contributed by atoms with E-state index in [0.29, 0.717) is 23.4 Å². The van der Waals surface area contributed by atoms with Gasteiger partial charge in [0.2, 0.25) is 0 Å². The molecule has 2 fully saturated rings. The SMILES string of the molecule is CC12CCC(C1)C(C)(C)C2NC/C=C/C(=O)O. The van der Waals surface area contributed by atoms with Crippen LogP contribution in [-0.4, -0.2) is 23.7 Å². The van der Waals surface area contributed by atoms with Gasteiger partial charge in [0.05, 0.1) is 0 Å². The number of carboxylic acids is 1. The van der Waals surface area contributed by atoms with Crippen molar-refractivity contribution in [2.75, 3.05) is 6.54 Å². The third-order valence-corrected chi connectivity index (χ3v) is 4.97. The molecule has 3 heteroatoms. The van der Waals surface area contributed by atoms with Gasteiger partial charge in [-0.3, -0.25) is 0 Å². The summed E-state index contributed by atoms with van der Waals surface area (Å²) in [6.07, 6.45) is 6.90. The molecule has 3 unspecified atom stereocenters. The summed E-state index contributed by atoms with van der Waals surface area (Å²) >= 11 is 0. The molecular weight excluding hydrogens is 214 g/mol. The first kappa shape index (κ1) is 12.6. The number of nitrogens with one attached hydrogen (secondary N) is 1. The van der Waals surface area contributed by atoms with E-state index in [2.05, 4.69) is 26.1 Å². The van der Waals surface area contributed by atoms with Crippen LogP contribution in [0.5, 0.6) is 0 Å². The maximum Gasteiger partial charge on any atom is 0.328 e. The molecule has 3 nitrogen and oxygen atoms in total. The van der Waals surface area contributed by atoms with Crippen molar-refractivity contribution in [2.24, 2.45) is 16.7 Å². The van der Waals surface area contributed by atoms with Crippen molar-refractivity contribution >= 4 is 5.97 Å². The standard InChI is InChI=1S/C14H23NO2/c1-13(2)10-6-7-14(3,9-10)12(13)15-8-4-5-11(16)17/h4-5,10,12,15H,6-9H2,1-3H3,(H,16,17)/b5-4+. The van der Waals surface area contributed by atoms with Crippen LogP contribution < -0.4 is 5.32 Å². The Labute approximate surface area is 103 Å². The van der Waals surface area contributed by atoms with E-state index in [1.807, 2.05) is 0 Å². The topological polar surface area (TPSA) is 49.3 Å². The maximum atomic E-state index is 10.4. The lowest BCUT2D eigenvalue weighted by Crippen LogP contribution is -2.50. The maximum absolute atomic E-state index is 10.4. The van der Waals surface area contributed by atoms with Gasteiger partial charge in [0, 0.05) is 18.7 Å². The van der Waals surface area contributed by atoms with E-state index >= 15 is 0 Å². The van der Waals surface area contributed by atoms with Crippen LogP contribution >= 0.6 is 0 Å². The highest BCUT2D eigenvalue weighted by atomic mass is 16.4. The predicted octanol–water partition coefficient (Wildman–Crippen LogP) is 2.43. The van der Waals surface area contributed by atoms with Crippen molar-refractivity contribution in [2.45, 2.75) is 46.1 Å². The van der Waals surface area contributed by atoms with Crippen LogP contribution in [0.4, 0.5) is 0 Å². The van der Waals surface area contributed by atoms with Gasteiger partial charge in [0.15, 0.2) is 0 Å². The van der Waals surface area contributed by atoms with Gasteiger partial charge in [0.1, 0.15) is 0 Å². The van der Waals surface area contributed by atoms with Gasteiger partial charge in [-0.05, 0) is 36.0 Å². The highest BCUT2D eigenvalue weighted by molar-refractivity contribution is 5.79. The number of carbonyl (C=O) groups is 1. The molecule has 0 spiro atoms. The summed E-state index contributed by atoms with van der Waals surface area (Å²) in [5, 5.41) is 12.1. The van der Waals surface area contributed by atoms with Crippen molar-refractivity contribution in [1.82, 2.24) is 5.32 Å². The van der Waals surface area contributed by atoms with Crippen LogP contribution in [0.1, 0.15) is 40.0 Å². The fraction of sp³-hybridized carbons (Fsp3) is 0.786. The lowest BCUT2D eigenvalue weighted by molar-refractivity contribution is -0.131. The highest BCUT2D eigenvalue weighted by Crippen LogP contribution is 2.62. The van der Waals surface area contributed by atoms with Gasteiger partial charge in [-0.2, -0.15) is 0 Å². The average Bonchev–Trinajstić information content (AvgIpc) is 2.67. The van der Waals surface area contributed by atoms with Crippen molar-refractivity contribution in [3.05, 3.63) is 12.2 Å². The zero-order valence-corrected chi connectivity index (χ0v) is 11.0. The number of hydrogen-bond donors (Lipinski definition) is 2. The van der Waals surface area contributed by atoms with Gasteiger partial charge < -0.3 is 10.4 Å². The van der Waals surface area contributed by atoms with Crippen molar-refractivity contribution < 1.29 is 9.90 Å². The van der Waals surface area contributed by atoms with Crippen LogP contribution in [0.15, 0.2) is 12.2 Å². The zero-order chi connectivity index (χ0) is 12.7. The molecule has 96 valence electrons. The normalized spacial score (nSPS) is 39.0. The van der Waals surface area contributed by atoms with E-state index in [9.17, 15) is 4.79 Å².